The van der Waals surface area contributed by atoms with Gasteiger partial charge in [0.2, 0.25) is 0 Å². The second-order valence-electron chi connectivity index (χ2n) is 5.17. The first-order valence-corrected chi connectivity index (χ1v) is 9.69. The molecule has 0 amide bonds. The van der Waals surface area contributed by atoms with E-state index in [4.69, 9.17) is 13.8 Å². The maximum Gasteiger partial charge on any atom is 0.357 e. The molecule has 0 saturated heterocycles. The molecule has 0 saturated carbocycles. The SMILES string of the molecule is CCOP(=O)(OCC)C(Nc1cccc(F)c1)c1ccccc1OC. The Bertz CT molecular complexity index is 731. The number of ether oxygens (including phenoxy) is 1. The molecular formula is C18H23FNO4P. The second kappa shape index (κ2) is 8.99. The fourth-order valence-corrected chi connectivity index (χ4v) is 4.46. The minimum atomic E-state index is -3.59. The zero-order chi connectivity index (χ0) is 18.3. The monoisotopic (exact) mass is 367 g/mol. The highest BCUT2D eigenvalue weighted by atomic mass is 31.2. The van der Waals surface area contributed by atoms with Crippen LogP contribution in [0.15, 0.2) is 48.5 Å². The predicted molar refractivity (Wildman–Crippen MR) is 96.6 cm³/mol. The average molecular weight is 367 g/mol. The minimum Gasteiger partial charge on any atom is -0.496 e. The highest BCUT2D eigenvalue weighted by Gasteiger charge is 2.38. The van der Waals surface area contributed by atoms with Gasteiger partial charge in [-0.2, -0.15) is 0 Å². The van der Waals surface area contributed by atoms with Gasteiger partial charge in [0, 0.05) is 11.3 Å². The van der Waals surface area contributed by atoms with Gasteiger partial charge in [0.15, 0.2) is 5.78 Å². The first-order chi connectivity index (χ1) is 12.0. The molecule has 2 aromatic carbocycles. The van der Waals surface area contributed by atoms with Crippen molar-refractivity contribution in [3.05, 3.63) is 59.9 Å². The molecule has 7 heteroatoms. The Labute approximate surface area is 147 Å². The van der Waals surface area contributed by atoms with E-state index < -0.39 is 19.2 Å². The molecule has 1 unspecified atom stereocenters. The van der Waals surface area contributed by atoms with E-state index in [2.05, 4.69) is 5.32 Å². The summed E-state index contributed by atoms with van der Waals surface area (Å²) in [7, 11) is -2.05. The third-order valence-corrected chi connectivity index (χ3v) is 5.77. The van der Waals surface area contributed by atoms with Crippen LogP contribution in [0.2, 0.25) is 0 Å². The van der Waals surface area contributed by atoms with Crippen LogP contribution in [0.1, 0.15) is 25.2 Å². The van der Waals surface area contributed by atoms with Crippen LogP contribution in [0.3, 0.4) is 0 Å². The molecule has 0 aliphatic rings. The zero-order valence-electron chi connectivity index (χ0n) is 14.6. The Morgan fingerprint density at radius 2 is 1.76 bits per heavy atom. The molecule has 5 nitrogen and oxygen atoms in total. The molecule has 1 N–H and O–H groups in total. The van der Waals surface area contributed by atoms with Crippen molar-refractivity contribution in [1.29, 1.82) is 0 Å². The smallest absolute Gasteiger partial charge is 0.357 e. The lowest BCUT2D eigenvalue weighted by atomic mass is 10.2. The normalized spacial score (nSPS) is 12.6. The van der Waals surface area contributed by atoms with Gasteiger partial charge in [-0.3, -0.25) is 4.57 Å². The topological polar surface area (TPSA) is 56.8 Å². The van der Waals surface area contributed by atoms with Crippen LogP contribution in [-0.2, 0) is 13.6 Å². The third-order valence-electron chi connectivity index (χ3n) is 3.50. The van der Waals surface area contributed by atoms with Gasteiger partial charge in [0.25, 0.3) is 0 Å². The van der Waals surface area contributed by atoms with Crippen molar-refractivity contribution in [2.45, 2.75) is 19.6 Å². The molecule has 0 heterocycles. The molecule has 0 aliphatic heterocycles. The summed E-state index contributed by atoms with van der Waals surface area (Å²) in [4.78, 5) is 0. The fraction of sp³-hybridized carbons (Fsp3) is 0.333. The van der Waals surface area contributed by atoms with E-state index in [1.807, 2.05) is 6.07 Å². The Morgan fingerprint density at radius 1 is 1.08 bits per heavy atom. The summed E-state index contributed by atoms with van der Waals surface area (Å²) in [6, 6.07) is 13.1. The number of nitrogens with one attached hydrogen (secondary N) is 1. The summed E-state index contributed by atoms with van der Waals surface area (Å²) in [5, 5.41) is 3.09. The summed E-state index contributed by atoms with van der Waals surface area (Å²) < 4.78 is 43.4. The lowest BCUT2D eigenvalue weighted by molar-refractivity contribution is 0.213. The van der Waals surface area contributed by atoms with Gasteiger partial charge in [-0.05, 0) is 38.1 Å². The molecule has 25 heavy (non-hydrogen) atoms. The van der Waals surface area contributed by atoms with E-state index in [1.54, 1.807) is 44.2 Å². The van der Waals surface area contributed by atoms with Crippen molar-refractivity contribution >= 4 is 13.3 Å². The van der Waals surface area contributed by atoms with E-state index in [9.17, 15) is 8.96 Å². The lowest BCUT2D eigenvalue weighted by Crippen LogP contribution is -2.16. The molecule has 2 rings (SSSR count). The summed E-state index contributed by atoms with van der Waals surface area (Å²) in [6.45, 7) is 3.92. The number of hydrogen-bond acceptors (Lipinski definition) is 5. The summed E-state index contributed by atoms with van der Waals surface area (Å²) >= 11 is 0. The molecule has 2 aromatic rings. The van der Waals surface area contributed by atoms with E-state index in [1.165, 1.54) is 19.2 Å². The van der Waals surface area contributed by atoms with Crippen molar-refractivity contribution in [1.82, 2.24) is 0 Å². The number of para-hydroxylation sites is 1. The van der Waals surface area contributed by atoms with Crippen LogP contribution in [0.4, 0.5) is 10.1 Å². The molecule has 0 bridgehead atoms. The third kappa shape index (κ3) is 4.82. The van der Waals surface area contributed by atoms with Crippen molar-refractivity contribution in [2.75, 3.05) is 25.6 Å². The summed E-state index contributed by atoms with van der Waals surface area (Å²) in [6.07, 6.45) is 0. The molecule has 1 atom stereocenters. The Balaban J connectivity index is 2.52. The second-order valence-corrected chi connectivity index (χ2v) is 7.29. The lowest BCUT2D eigenvalue weighted by Gasteiger charge is -2.29. The van der Waals surface area contributed by atoms with Gasteiger partial charge in [0.05, 0.1) is 20.3 Å². The zero-order valence-corrected chi connectivity index (χ0v) is 15.5. The highest BCUT2D eigenvalue weighted by molar-refractivity contribution is 7.54. The first-order valence-electron chi connectivity index (χ1n) is 8.07. The maximum absolute atomic E-state index is 13.6. The van der Waals surface area contributed by atoms with Crippen LogP contribution < -0.4 is 10.1 Å². The molecule has 0 aromatic heterocycles. The fourth-order valence-electron chi connectivity index (χ4n) is 2.50. The number of rotatable bonds is 9. The molecule has 136 valence electrons. The number of anilines is 1. The van der Waals surface area contributed by atoms with E-state index in [0.29, 0.717) is 17.0 Å². The first kappa shape index (κ1) is 19.4. The molecular weight excluding hydrogens is 344 g/mol. The van der Waals surface area contributed by atoms with Crippen molar-refractivity contribution in [2.24, 2.45) is 0 Å². The Kier molecular flexibility index (Phi) is 7.00. The number of hydrogen-bond donors (Lipinski definition) is 1. The van der Waals surface area contributed by atoms with Crippen LogP contribution in [0.25, 0.3) is 0 Å². The highest BCUT2D eigenvalue weighted by Crippen LogP contribution is 2.62. The molecule has 0 radical (unpaired) electrons. The van der Waals surface area contributed by atoms with Crippen LogP contribution in [-0.4, -0.2) is 20.3 Å². The van der Waals surface area contributed by atoms with E-state index >= 15 is 0 Å². The van der Waals surface area contributed by atoms with Crippen molar-refractivity contribution in [3.63, 3.8) is 0 Å². The quantitative estimate of drug-likeness (QED) is 0.617. The van der Waals surface area contributed by atoms with E-state index in [0.717, 1.165) is 0 Å². The number of methoxy groups -OCH3 is 1. The van der Waals surface area contributed by atoms with Crippen LogP contribution in [0.5, 0.6) is 5.75 Å². The van der Waals surface area contributed by atoms with Crippen LogP contribution in [0, 0.1) is 5.82 Å². The number of halogens is 1. The average Bonchev–Trinajstić information content (AvgIpc) is 2.60. The summed E-state index contributed by atoms with van der Waals surface area (Å²) in [5.74, 6) is -0.701. The molecule has 0 spiro atoms. The van der Waals surface area contributed by atoms with Gasteiger partial charge < -0.3 is 19.1 Å². The van der Waals surface area contributed by atoms with E-state index in [-0.39, 0.29) is 13.2 Å². The van der Waals surface area contributed by atoms with Crippen molar-refractivity contribution in [3.8, 4) is 5.75 Å². The Morgan fingerprint density at radius 3 is 2.36 bits per heavy atom. The van der Waals surface area contributed by atoms with Crippen LogP contribution >= 0.6 is 7.60 Å². The van der Waals surface area contributed by atoms with Gasteiger partial charge in [-0.25, -0.2) is 4.39 Å². The van der Waals surface area contributed by atoms with Gasteiger partial charge >= 0.3 is 7.60 Å². The number of benzene rings is 2. The van der Waals surface area contributed by atoms with Gasteiger partial charge in [-0.1, -0.05) is 24.3 Å². The van der Waals surface area contributed by atoms with Gasteiger partial charge in [0.1, 0.15) is 11.6 Å². The standard InChI is InChI=1S/C18H23FNO4P/c1-4-23-25(21,24-5-2)18(16-11-6-7-12-17(16)22-3)20-15-10-8-9-14(19)13-15/h6-13,18,20H,4-5H2,1-3H3. The molecule has 0 fully saturated rings. The maximum atomic E-state index is 13.6. The van der Waals surface area contributed by atoms with Crippen molar-refractivity contribution < 1.29 is 22.7 Å². The Hall–Kier alpha value is -1.88. The summed E-state index contributed by atoms with van der Waals surface area (Å²) in [5.41, 5.74) is 1.08. The molecule has 0 aliphatic carbocycles. The van der Waals surface area contributed by atoms with Gasteiger partial charge in [-0.15, -0.1) is 0 Å². The minimum absolute atomic E-state index is 0.216. The largest absolute Gasteiger partial charge is 0.496 e. The predicted octanol–water partition coefficient (Wildman–Crippen LogP) is 5.21.